The van der Waals surface area contributed by atoms with Gasteiger partial charge in [-0.15, -0.1) is 0 Å². The Hall–Kier alpha value is -1.84. The van der Waals surface area contributed by atoms with Gasteiger partial charge in [0.05, 0.1) is 11.8 Å². The Morgan fingerprint density at radius 3 is 3.08 bits per heavy atom. The molecule has 0 aromatic carbocycles. The minimum atomic E-state index is -0.981. The lowest BCUT2D eigenvalue weighted by Crippen LogP contribution is -1.95. The molecule has 0 saturated carbocycles. The first-order valence-electron chi connectivity index (χ1n) is 3.32. The van der Waals surface area contributed by atoms with Crippen molar-refractivity contribution in [2.75, 3.05) is 0 Å². The van der Waals surface area contributed by atoms with E-state index in [1.165, 1.54) is 24.8 Å². The summed E-state index contributed by atoms with van der Waals surface area (Å²) in [4.78, 5) is 14.4. The van der Waals surface area contributed by atoms with Crippen LogP contribution in [0.25, 0.3) is 10.9 Å². The molecule has 4 nitrogen and oxygen atoms in total. The Morgan fingerprint density at radius 1 is 1.50 bits per heavy atom. The number of carboxylic acid groups (broad SMARTS) is 1. The lowest BCUT2D eigenvalue weighted by atomic mass is 10.2. The minimum absolute atomic E-state index is 0.170. The summed E-state index contributed by atoms with van der Waals surface area (Å²) in [7, 11) is 0. The molecule has 0 spiro atoms. The first kappa shape index (κ1) is 6.84. The van der Waals surface area contributed by atoms with Crippen molar-refractivity contribution in [3.8, 4) is 0 Å². The van der Waals surface area contributed by atoms with Crippen LogP contribution in [-0.4, -0.2) is 16.1 Å². The third-order valence-electron chi connectivity index (χ3n) is 1.57. The van der Waals surface area contributed by atoms with Gasteiger partial charge < -0.3 is 9.52 Å². The third-order valence-corrected chi connectivity index (χ3v) is 1.57. The van der Waals surface area contributed by atoms with Gasteiger partial charge in [0.2, 0.25) is 0 Å². The lowest BCUT2D eigenvalue weighted by Gasteiger charge is -1.91. The summed E-state index contributed by atoms with van der Waals surface area (Å²) in [6, 6.07) is 1.52. The van der Waals surface area contributed by atoms with Gasteiger partial charge in [0.1, 0.15) is 11.8 Å². The van der Waals surface area contributed by atoms with Gasteiger partial charge in [0, 0.05) is 11.6 Å². The quantitative estimate of drug-likeness (QED) is 0.692. The zero-order valence-corrected chi connectivity index (χ0v) is 6.02. The van der Waals surface area contributed by atoms with E-state index >= 15 is 0 Å². The summed E-state index contributed by atoms with van der Waals surface area (Å²) < 4.78 is 4.84. The first-order valence-corrected chi connectivity index (χ1v) is 3.32. The minimum Gasteiger partial charge on any atom is -0.478 e. The average Bonchev–Trinajstić information content (AvgIpc) is 2.49. The fourth-order valence-electron chi connectivity index (χ4n) is 0.974. The fourth-order valence-corrected chi connectivity index (χ4v) is 0.974. The molecule has 0 fully saturated rings. The molecule has 0 unspecified atom stereocenters. The van der Waals surface area contributed by atoms with E-state index in [-0.39, 0.29) is 5.56 Å². The summed E-state index contributed by atoms with van der Waals surface area (Å²) >= 11 is 0. The summed E-state index contributed by atoms with van der Waals surface area (Å²) in [5, 5.41) is 9.31. The molecule has 0 amide bonds. The van der Waals surface area contributed by atoms with Gasteiger partial charge in [-0.05, 0) is 6.07 Å². The molecule has 0 radical (unpaired) electrons. The van der Waals surface area contributed by atoms with Gasteiger partial charge in [-0.3, -0.25) is 4.98 Å². The van der Waals surface area contributed by atoms with E-state index in [9.17, 15) is 4.79 Å². The van der Waals surface area contributed by atoms with Gasteiger partial charge in [-0.25, -0.2) is 4.79 Å². The van der Waals surface area contributed by atoms with Crippen LogP contribution in [0.5, 0.6) is 0 Å². The van der Waals surface area contributed by atoms with Crippen LogP contribution in [0.1, 0.15) is 10.4 Å². The molecule has 0 bridgehead atoms. The molecule has 0 aliphatic rings. The van der Waals surface area contributed by atoms with Crippen LogP contribution in [0.2, 0.25) is 0 Å². The van der Waals surface area contributed by atoms with Crippen molar-refractivity contribution in [2.24, 2.45) is 0 Å². The number of rotatable bonds is 1. The fraction of sp³-hybridized carbons (Fsp3) is 0. The molecule has 2 rings (SSSR count). The van der Waals surface area contributed by atoms with Gasteiger partial charge in [0.25, 0.3) is 0 Å². The van der Waals surface area contributed by atoms with E-state index in [4.69, 9.17) is 9.52 Å². The molecular formula is C8H5NO3. The second-order valence-electron chi connectivity index (χ2n) is 2.38. The van der Waals surface area contributed by atoms with Gasteiger partial charge in [-0.2, -0.15) is 0 Å². The van der Waals surface area contributed by atoms with Gasteiger partial charge >= 0.3 is 5.97 Å². The summed E-state index contributed by atoms with van der Waals surface area (Å²) in [6.45, 7) is 0. The maximum absolute atomic E-state index is 10.5. The van der Waals surface area contributed by atoms with Crippen LogP contribution in [-0.2, 0) is 0 Å². The van der Waals surface area contributed by atoms with Crippen molar-refractivity contribution in [3.63, 3.8) is 0 Å². The zero-order chi connectivity index (χ0) is 8.55. The Labute approximate surface area is 67.4 Å². The van der Waals surface area contributed by atoms with Crippen molar-refractivity contribution in [2.45, 2.75) is 0 Å². The zero-order valence-electron chi connectivity index (χ0n) is 6.02. The van der Waals surface area contributed by atoms with E-state index in [0.717, 1.165) is 0 Å². The highest BCUT2D eigenvalue weighted by Crippen LogP contribution is 2.13. The van der Waals surface area contributed by atoms with Crippen molar-refractivity contribution in [1.29, 1.82) is 0 Å². The molecule has 0 aliphatic carbocycles. The van der Waals surface area contributed by atoms with E-state index in [1.807, 2.05) is 0 Å². The Bertz CT molecular complexity index is 433. The van der Waals surface area contributed by atoms with E-state index in [2.05, 4.69) is 4.98 Å². The molecule has 1 N–H and O–H groups in total. The van der Waals surface area contributed by atoms with E-state index < -0.39 is 5.97 Å². The lowest BCUT2D eigenvalue weighted by molar-refractivity contribution is 0.0696. The second kappa shape index (κ2) is 2.34. The SMILES string of the molecule is O=C(O)c1cnc2cocc2c1. The summed E-state index contributed by atoms with van der Waals surface area (Å²) in [5.74, 6) is -0.981. The molecule has 0 atom stereocenters. The predicted octanol–water partition coefficient (Wildman–Crippen LogP) is 1.53. The van der Waals surface area contributed by atoms with Gasteiger partial charge in [0.15, 0.2) is 0 Å². The van der Waals surface area contributed by atoms with Crippen molar-refractivity contribution < 1.29 is 14.3 Å². The first-order chi connectivity index (χ1) is 5.77. The number of furan rings is 1. The highest BCUT2D eigenvalue weighted by atomic mass is 16.4. The van der Waals surface area contributed by atoms with Gasteiger partial charge in [-0.1, -0.05) is 0 Å². The van der Waals surface area contributed by atoms with Crippen LogP contribution >= 0.6 is 0 Å². The molecular weight excluding hydrogens is 158 g/mol. The Morgan fingerprint density at radius 2 is 2.33 bits per heavy atom. The number of hydrogen-bond donors (Lipinski definition) is 1. The summed E-state index contributed by atoms with van der Waals surface area (Å²) in [6.07, 6.45) is 4.25. The highest BCUT2D eigenvalue weighted by Gasteiger charge is 2.04. The maximum atomic E-state index is 10.5. The van der Waals surface area contributed by atoms with Crippen LogP contribution in [0.15, 0.2) is 29.2 Å². The molecule has 2 aromatic heterocycles. The third kappa shape index (κ3) is 0.934. The van der Waals surface area contributed by atoms with E-state index in [1.54, 1.807) is 0 Å². The van der Waals surface area contributed by atoms with Crippen molar-refractivity contribution >= 4 is 16.9 Å². The normalized spacial score (nSPS) is 10.3. The molecule has 12 heavy (non-hydrogen) atoms. The number of aromatic carboxylic acids is 1. The Balaban J connectivity index is 2.68. The van der Waals surface area contributed by atoms with Crippen LogP contribution in [0.3, 0.4) is 0 Å². The largest absolute Gasteiger partial charge is 0.478 e. The number of carbonyl (C=O) groups is 1. The van der Waals surface area contributed by atoms with E-state index in [0.29, 0.717) is 10.9 Å². The Kier molecular flexibility index (Phi) is 1.33. The number of carboxylic acids is 1. The topological polar surface area (TPSA) is 63.3 Å². The molecule has 4 heteroatoms. The smallest absolute Gasteiger partial charge is 0.337 e. The van der Waals surface area contributed by atoms with Crippen LogP contribution < -0.4 is 0 Å². The predicted molar refractivity (Wildman–Crippen MR) is 41.0 cm³/mol. The standard InChI is InChI=1S/C8H5NO3/c10-8(11)5-1-6-3-12-4-7(6)9-2-5/h1-4H,(H,10,11). The molecule has 2 heterocycles. The highest BCUT2D eigenvalue weighted by molar-refractivity contribution is 5.91. The van der Waals surface area contributed by atoms with Crippen LogP contribution in [0, 0.1) is 0 Å². The number of nitrogens with zero attached hydrogens (tertiary/aromatic N) is 1. The molecule has 2 aromatic rings. The maximum Gasteiger partial charge on any atom is 0.337 e. The summed E-state index contributed by atoms with van der Waals surface area (Å²) in [5.41, 5.74) is 0.837. The number of hydrogen-bond acceptors (Lipinski definition) is 3. The average molecular weight is 163 g/mol. The second-order valence-corrected chi connectivity index (χ2v) is 2.38. The van der Waals surface area contributed by atoms with Crippen molar-refractivity contribution in [1.82, 2.24) is 4.98 Å². The number of aromatic nitrogens is 1. The molecule has 0 saturated heterocycles. The molecule has 60 valence electrons. The monoisotopic (exact) mass is 163 g/mol. The molecule has 0 aliphatic heterocycles. The number of pyridine rings is 1. The van der Waals surface area contributed by atoms with Crippen LogP contribution in [0.4, 0.5) is 0 Å². The van der Waals surface area contributed by atoms with Crippen molar-refractivity contribution in [3.05, 3.63) is 30.4 Å². The number of fused-ring (bicyclic) bond motifs is 1.